The maximum atomic E-state index is 13.0. The smallest absolute Gasteiger partial charge is 0.337 e. The fourth-order valence-corrected chi connectivity index (χ4v) is 2.37. The van der Waals surface area contributed by atoms with E-state index in [1.165, 1.54) is 11.9 Å². The third-order valence-electron chi connectivity index (χ3n) is 3.27. The molecule has 0 spiro atoms. The molecule has 104 valence electrons. The van der Waals surface area contributed by atoms with Gasteiger partial charge in [0.1, 0.15) is 5.82 Å². The minimum absolute atomic E-state index is 0.0180. The second-order valence-electron chi connectivity index (χ2n) is 4.55. The number of benzene rings is 1. The number of nitrogens with two attached hydrogens (primary N) is 1. The highest BCUT2D eigenvalue weighted by molar-refractivity contribution is 5.80. The summed E-state index contributed by atoms with van der Waals surface area (Å²) >= 11 is 0. The van der Waals surface area contributed by atoms with Crippen LogP contribution in [0.1, 0.15) is 23.6 Å². The minimum Gasteiger partial charge on any atom is -0.337 e. The van der Waals surface area contributed by atoms with E-state index in [-0.39, 0.29) is 17.9 Å². The zero-order valence-electron chi connectivity index (χ0n) is 10.0. The molecule has 0 aliphatic carbocycles. The number of carbonyl (C=O) groups is 1. The number of hydrogen-bond donors (Lipinski definition) is 1. The third kappa shape index (κ3) is 2.42. The number of nitrogens with zero attached hydrogens (tertiary/aromatic N) is 1. The van der Waals surface area contributed by atoms with Crippen LogP contribution < -0.4 is 5.73 Å². The van der Waals surface area contributed by atoms with Crippen molar-refractivity contribution in [3.8, 4) is 0 Å². The van der Waals surface area contributed by atoms with Crippen LogP contribution in [-0.2, 0) is 11.0 Å². The van der Waals surface area contributed by atoms with Crippen molar-refractivity contribution in [2.45, 2.75) is 24.7 Å². The molecule has 3 nitrogen and oxygen atoms in total. The molecule has 1 aromatic carbocycles. The lowest BCUT2D eigenvalue weighted by Crippen LogP contribution is -2.32. The second kappa shape index (κ2) is 4.48. The molecule has 2 N–H and O–H groups in total. The minimum atomic E-state index is -4.69. The number of carbonyl (C=O) groups excluding carboxylic acids is 1. The van der Waals surface area contributed by atoms with Gasteiger partial charge in [-0.1, -0.05) is 6.07 Å². The van der Waals surface area contributed by atoms with Gasteiger partial charge >= 0.3 is 6.18 Å². The van der Waals surface area contributed by atoms with E-state index in [1.54, 1.807) is 0 Å². The Bertz CT molecular complexity index is 515. The highest BCUT2D eigenvalue weighted by Gasteiger charge is 2.42. The van der Waals surface area contributed by atoms with Gasteiger partial charge < -0.3 is 10.6 Å². The maximum absolute atomic E-state index is 13.0. The Morgan fingerprint density at radius 1 is 1.37 bits per heavy atom. The zero-order chi connectivity index (χ0) is 14.4. The molecule has 2 atom stereocenters. The van der Waals surface area contributed by atoms with Gasteiger partial charge in [0.25, 0.3) is 0 Å². The van der Waals surface area contributed by atoms with Gasteiger partial charge in [-0.25, -0.2) is 4.39 Å². The van der Waals surface area contributed by atoms with Crippen LogP contribution in [0.15, 0.2) is 18.2 Å². The standard InChI is InChI=1S/C12H12F4N2O/c1-18-10(19)5-9(17)11(18)7-3-2-6(13)4-8(7)12(14,15)16/h2-4,9,11H,5,17H2,1H3. The molecule has 1 amide bonds. The van der Waals surface area contributed by atoms with Gasteiger partial charge in [0.05, 0.1) is 11.6 Å². The fraction of sp³-hybridized carbons (Fsp3) is 0.417. The van der Waals surface area contributed by atoms with Crippen molar-refractivity contribution in [1.29, 1.82) is 0 Å². The first kappa shape index (κ1) is 13.8. The maximum Gasteiger partial charge on any atom is 0.416 e. The monoisotopic (exact) mass is 276 g/mol. The molecule has 1 aliphatic rings. The van der Waals surface area contributed by atoms with E-state index >= 15 is 0 Å². The number of likely N-dealkylation sites (tertiary alicyclic amines) is 1. The van der Waals surface area contributed by atoms with Crippen LogP contribution in [0.25, 0.3) is 0 Å². The lowest BCUT2D eigenvalue weighted by molar-refractivity contribution is -0.139. The SMILES string of the molecule is CN1C(=O)CC(N)C1c1ccc(F)cc1C(F)(F)F. The van der Waals surface area contributed by atoms with Crippen molar-refractivity contribution in [2.24, 2.45) is 5.73 Å². The first-order valence-electron chi connectivity index (χ1n) is 5.59. The first-order valence-corrected chi connectivity index (χ1v) is 5.59. The number of likely N-dealkylation sites (N-methyl/N-ethyl adjacent to an activating group) is 1. The van der Waals surface area contributed by atoms with Crippen molar-refractivity contribution < 1.29 is 22.4 Å². The van der Waals surface area contributed by atoms with Gasteiger partial charge in [-0.05, 0) is 17.7 Å². The van der Waals surface area contributed by atoms with E-state index in [2.05, 4.69) is 0 Å². The van der Waals surface area contributed by atoms with Crippen molar-refractivity contribution in [1.82, 2.24) is 4.90 Å². The molecule has 0 bridgehead atoms. The molecule has 2 rings (SSSR count). The van der Waals surface area contributed by atoms with Crippen LogP contribution in [0.5, 0.6) is 0 Å². The number of rotatable bonds is 1. The van der Waals surface area contributed by atoms with Crippen LogP contribution in [-0.4, -0.2) is 23.9 Å². The van der Waals surface area contributed by atoms with Gasteiger partial charge in [0.2, 0.25) is 5.91 Å². The van der Waals surface area contributed by atoms with Gasteiger partial charge in [-0.3, -0.25) is 4.79 Å². The van der Waals surface area contributed by atoms with Crippen LogP contribution >= 0.6 is 0 Å². The quantitative estimate of drug-likeness (QED) is 0.798. The molecular weight excluding hydrogens is 264 g/mol. The second-order valence-corrected chi connectivity index (χ2v) is 4.55. The molecule has 1 heterocycles. The first-order chi connectivity index (χ1) is 8.71. The Hall–Kier alpha value is -1.63. The summed E-state index contributed by atoms with van der Waals surface area (Å²) in [6.45, 7) is 0. The summed E-state index contributed by atoms with van der Waals surface area (Å²) in [6.07, 6.45) is -4.71. The Kier molecular flexibility index (Phi) is 3.25. The Labute approximate surface area is 107 Å². The molecule has 7 heteroatoms. The lowest BCUT2D eigenvalue weighted by Gasteiger charge is -2.26. The van der Waals surface area contributed by atoms with Gasteiger partial charge in [-0.15, -0.1) is 0 Å². The molecule has 0 saturated carbocycles. The topological polar surface area (TPSA) is 46.3 Å². The average Bonchev–Trinajstić information content (AvgIpc) is 2.53. The number of alkyl halides is 3. The molecule has 2 unspecified atom stereocenters. The normalized spacial score (nSPS) is 24.1. The van der Waals surface area contributed by atoms with Crippen molar-refractivity contribution in [3.63, 3.8) is 0 Å². The lowest BCUT2D eigenvalue weighted by atomic mass is 9.95. The number of halogens is 4. The fourth-order valence-electron chi connectivity index (χ4n) is 2.37. The van der Waals surface area contributed by atoms with Crippen molar-refractivity contribution in [3.05, 3.63) is 35.1 Å². The van der Waals surface area contributed by atoms with Crippen molar-refractivity contribution in [2.75, 3.05) is 7.05 Å². The van der Waals surface area contributed by atoms with E-state index in [4.69, 9.17) is 5.73 Å². The van der Waals surface area contributed by atoms with Gasteiger partial charge in [-0.2, -0.15) is 13.2 Å². The molecule has 1 saturated heterocycles. The van der Waals surface area contributed by atoms with Crippen LogP contribution in [0.2, 0.25) is 0 Å². The highest BCUT2D eigenvalue weighted by Crippen LogP contribution is 2.39. The van der Waals surface area contributed by atoms with Crippen LogP contribution in [0.3, 0.4) is 0 Å². The predicted octanol–water partition coefficient (Wildman–Crippen LogP) is 2.07. The van der Waals surface area contributed by atoms with E-state index in [0.717, 1.165) is 12.1 Å². The number of amides is 1. The molecule has 19 heavy (non-hydrogen) atoms. The summed E-state index contributed by atoms with van der Waals surface area (Å²) in [5, 5.41) is 0. The molecule has 0 aromatic heterocycles. The molecular formula is C12H12F4N2O. The van der Waals surface area contributed by atoms with E-state index in [9.17, 15) is 22.4 Å². The number of hydrogen-bond acceptors (Lipinski definition) is 2. The summed E-state index contributed by atoms with van der Waals surface area (Å²) in [6, 6.07) is 0.790. The summed E-state index contributed by atoms with van der Waals surface area (Å²) < 4.78 is 51.8. The molecule has 0 radical (unpaired) electrons. The summed E-state index contributed by atoms with van der Waals surface area (Å²) in [4.78, 5) is 12.7. The Morgan fingerprint density at radius 2 is 2.00 bits per heavy atom. The Balaban J connectivity index is 2.54. The Morgan fingerprint density at radius 3 is 2.47 bits per heavy atom. The van der Waals surface area contributed by atoms with E-state index in [1.807, 2.05) is 0 Å². The molecule has 1 aliphatic heterocycles. The van der Waals surface area contributed by atoms with Crippen molar-refractivity contribution >= 4 is 5.91 Å². The summed E-state index contributed by atoms with van der Waals surface area (Å²) in [5.41, 5.74) is 4.46. The molecule has 1 fully saturated rings. The van der Waals surface area contributed by atoms with E-state index in [0.29, 0.717) is 6.07 Å². The van der Waals surface area contributed by atoms with Gasteiger partial charge in [0.15, 0.2) is 0 Å². The zero-order valence-corrected chi connectivity index (χ0v) is 10.0. The highest BCUT2D eigenvalue weighted by atomic mass is 19.4. The summed E-state index contributed by atoms with van der Waals surface area (Å²) in [5.74, 6) is -1.30. The van der Waals surface area contributed by atoms with E-state index < -0.39 is 29.6 Å². The summed E-state index contributed by atoms with van der Waals surface area (Å²) in [7, 11) is 1.39. The van der Waals surface area contributed by atoms with Crippen LogP contribution in [0, 0.1) is 5.82 Å². The molecule has 1 aromatic rings. The largest absolute Gasteiger partial charge is 0.416 e. The predicted molar refractivity (Wildman–Crippen MR) is 59.5 cm³/mol. The third-order valence-corrected chi connectivity index (χ3v) is 3.27. The van der Waals surface area contributed by atoms with Gasteiger partial charge in [0, 0.05) is 19.5 Å². The van der Waals surface area contributed by atoms with Crippen LogP contribution in [0.4, 0.5) is 17.6 Å². The average molecular weight is 276 g/mol.